The van der Waals surface area contributed by atoms with Crippen molar-refractivity contribution in [2.45, 2.75) is 78.3 Å². The van der Waals surface area contributed by atoms with E-state index < -0.39 is 29.1 Å². The van der Waals surface area contributed by atoms with E-state index in [9.17, 15) is 19.2 Å². The van der Waals surface area contributed by atoms with Crippen LogP contribution in [-0.2, 0) is 39.7 Å². The van der Waals surface area contributed by atoms with Crippen molar-refractivity contribution in [2.75, 3.05) is 26.4 Å². The highest BCUT2D eigenvalue weighted by Gasteiger charge is 2.24. The number of nitrogens with one attached hydrogen (secondary N) is 1. The molecule has 0 aromatic heterocycles. The minimum absolute atomic E-state index is 0.144. The maximum atomic E-state index is 12.0. The second-order valence-corrected chi connectivity index (χ2v) is 12.3. The molecular weight excluding hydrogens is 636 g/mol. The van der Waals surface area contributed by atoms with Gasteiger partial charge in [0.2, 0.25) is 6.08 Å². The second-order valence-electron chi connectivity index (χ2n) is 12.3. The number of aliphatic hydroxyl groups is 1. The molecule has 2 aromatic carbocycles. The molecule has 0 saturated heterocycles. The van der Waals surface area contributed by atoms with Gasteiger partial charge in [-0.25, -0.2) is 19.2 Å². The fourth-order valence-corrected chi connectivity index (χ4v) is 3.93. The summed E-state index contributed by atoms with van der Waals surface area (Å²) < 4.78 is 14.7. The lowest BCUT2D eigenvalue weighted by Crippen LogP contribution is -2.41. The van der Waals surface area contributed by atoms with Gasteiger partial charge in [-0.05, 0) is 102 Å². The molecule has 0 radical (unpaired) electrons. The molecule has 2 rings (SSSR count). The van der Waals surface area contributed by atoms with Crippen molar-refractivity contribution < 1.29 is 38.5 Å². The number of nitrogens with zero attached hydrogens (tertiary/aromatic N) is 1. The first kappa shape index (κ1) is 45.0. The van der Waals surface area contributed by atoms with Crippen LogP contribution in [0.2, 0.25) is 0 Å². The number of unbranched alkanes of at least 4 members (excludes halogenated alkanes) is 2. The monoisotopic (exact) mass is 690 g/mol. The maximum absolute atomic E-state index is 12.0. The molecule has 10 heteroatoms. The van der Waals surface area contributed by atoms with Crippen molar-refractivity contribution in [3.63, 3.8) is 0 Å². The normalized spacial score (nSPS) is 10.3. The lowest BCUT2D eigenvalue weighted by atomic mass is 9.92. The topological polar surface area (TPSA) is 141 Å². The van der Waals surface area contributed by atoms with Crippen LogP contribution in [0.25, 0.3) is 11.1 Å². The number of benzene rings is 2. The SMILES string of the molecule is C=C(C)c1cccc(C(C)(C)N=C=O)c1.C=CC(=O)OCCCCO.C=CC(=O)OCCCCOC(=O)NC(C)(C)c1cccc(C(=C)C)c1. The van der Waals surface area contributed by atoms with Gasteiger partial charge in [0.05, 0.1) is 30.9 Å². The van der Waals surface area contributed by atoms with Crippen LogP contribution in [0.5, 0.6) is 0 Å². The lowest BCUT2D eigenvalue weighted by molar-refractivity contribution is -0.138. The number of carbonyl (C=O) groups is 3. The van der Waals surface area contributed by atoms with E-state index >= 15 is 0 Å². The Kier molecular flexibility index (Phi) is 21.7. The molecule has 0 aliphatic heterocycles. The summed E-state index contributed by atoms with van der Waals surface area (Å²) in [4.78, 5) is 47.3. The zero-order valence-electron chi connectivity index (χ0n) is 30.5. The number of hydrogen-bond acceptors (Lipinski definition) is 9. The van der Waals surface area contributed by atoms with E-state index in [1.165, 1.54) is 0 Å². The van der Waals surface area contributed by atoms with Gasteiger partial charge in [-0.3, -0.25) is 0 Å². The minimum atomic E-state index is -0.567. The average molecular weight is 691 g/mol. The zero-order valence-corrected chi connectivity index (χ0v) is 30.5. The quantitative estimate of drug-likeness (QED) is 0.0425. The molecule has 0 aliphatic carbocycles. The maximum Gasteiger partial charge on any atom is 0.407 e. The third-order valence-corrected chi connectivity index (χ3v) is 7.02. The largest absolute Gasteiger partial charge is 0.463 e. The fourth-order valence-electron chi connectivity index (χ4n) is 3.93. The summed E-state index contributed by atoms with van der Waals surface area (Å²) in [7, 11) is 0. The van der Waals surface area contributed by atoms with Crippen LogP contribution in [0, 0.1) is 0 Å². The van der Waals surface area contributed by atoms with E-state index in [1.54, 1.807) is 6.08 Å². The predicted molar refractivity (Wildman–Crippen MR) is 199 cm³/mol. The summed E-state index contributed by atoms with van der Waals surface area (Å²) in [5.41, 5.74) is 4.96. The van der Waals surface area contributed by atoms with Gasteiger partial charge in [0.15, 0.2) is 0 Å². The van der Waals surface area contributed by atoms with Gasteiger partial charge in [0, 0.05) is 18.8 Å². The number of ether oxygens (including phenoxy) is 3. The molecular formula is C40H54N2O8. The number of isocyanates is 1. The number of alkyl carbamates (subject to hydrolysis) is 1. The smallest absolute Gasteiger partial charge is 0.407 e. The van der Waals surface area contributed by atoms with Gasteiger partial charge >= 0.3 is 18.0 Å². The van der Waals surface area contributed by atoms with Gasteiger partial charge in [0.25, 0.3) is 0 Å². The van der Waals surface area contributed by atoms with Crippen molar-refractivity contribution in [1.29, 1.82) is 0 Å². The third-order valence-electron chi connectivity index (χ3n) is 7.02. The Balaban J connectivity index is 0.000000810. The highest BCUT2D eigenvalue weighted by Crippen LogP contribution is 2.26. The van der Waals surface area contributed by atoms with Crippen LogP contribution in [-0.4, -0.2) is 55.6 Å². The van der Waals surface area contributed by atoms with Crippen LogP contribution in [0.1, 0.15) is 89.5 Å². The Bertz CT molecular complexity index is 1490. The average Bonchev–Trinajstić information content (AvgIpc) is 3.08. The summed E-state index contributed by atoms with van der Waals surface area (Å²) in [5.74, 6) is -0.852. The first-order valence-electron chi connectivity index (χ1n) is 16.3. The Morgan fingerprint density at radius 2 is 1.22 bits per heavy atom. The number of esters is 2. The number of rotatable bonds is 17. The molecule has 0 heterocycles. The fraction of sp³-hybridized carbons (Fsp3) is 0.400. The summed E-state index contributed by atoms with van der Waals surface area (Å²) in [5, 5.41) is 11.2. The van der Waals surface area contributed by atoms with E-state index in [4.69, 9.17) is 14.6 Å². The highest BCUT2D eigenvalue weighted by molar-refractivity contribution is 5.81. The van der Waals surface area contributed by atoms with Crippen LogP contribution in [0.3, 0.4) is 0 Å². The molecule has 0 saturated carbocycles. The molecule has 0 aliphatic rings. The highest BCUT2D eigenvalue weighted by atomic mass is 16.6. The van der Waals surface area contributed by atoms with Crippen LogP contribution in [0.15, 0.2) is 92.0 Å². The third kappa shape index (κ3) is 19.1. The number of aliphatic hydroxyl groups excluding tert-OH is 1. The van der Waals surface area contributed by atoms with Gasteiger partial charge in [-0.1, -0.05) is 73.9 Å². The van der Waals surface area contributed by atoms with Gasteiger partial charge in [-0.2, -0.15) is 4.99 Å². The Morgan fingerprint density at radius 1 is 0.780 bits per heavy atom. The van der Waals surface area contributed by atoms with Crippen LogP contribution >= 0.6 is 0 Å². The van der Waals surface area contributed by atoms with Crippen LogP contribution < -0.4 is 5.32 Å². The summed E-state index contributed by atoms with van der Waals surface area (Å²) in [6.07, 6.45) is 5.99. The summed E-state index contributed by atoms with van der Waals surface area (Å²) in [6.45, 7) is 26.9. The summed E-state index contributed by atoms with van der Waals surface area (Å²) >= 11 is 0. The molecule has 0 unspecified atom stereocenters. The zero-order chi connectivity index (χ0) is 38.2. The number of carbonyl (C=O) groups excluding carboxylic acids is 4. The predicted octanol–water partition coefficient (Wildman–Crippen LogP) is 7.97. The van der Waals surface area contributed by atoms with Gasteiger partial charge < -0.3 is 24.6 Å². The molecule has 2 N–H and O–H groups in total. The first-order chi connectivity index (χ1) is 23.5. The van der Waals surface area contributed by atoms with E-state index in [0.717, 1.165) is 45.6 Å². The minimum Gasteiger partial charge on any atom is -0.463 e. The van der Waals surface area contributed by atoms with E-state index in [2.05, 4.69) is 41.4 Å². The lowest BCUT2D eigenvalue weighted by Gasteiger charge is -2.27. The number of allylic oxidation sites excluding steroid dienone is 2. The molecule has 10 nitrogen and oxygen atoms in total. The molecule has 0 bridgehead atoms. The first-order valence-corrected chi connectivity index (χ1v) is 16.3. The Hall–Kier alpha value is -5.05. The molecule has 0 atom stereocenters. The standard InChI is InChI=1S/C20H27NO4.C13H15NO.C7H12O3/c1-6-18(22)24-12-7-8-13-25-19(23)21-20(4,5)17-11-9-10-16(14-17)15(2)3;1-10(2)11-6-5-7-12(8-11)13(3,4)14-9-15;1-2-7(9)10-6-4-3-5-8/h6,9-11,14H,1-2,7-8,12-13H2,3-5H3,(H,21,23);5-8H,1H2,2-4H3;2,8H,1,3-6H2. The molecule has 50 heavy (non-hydrogen) atoms. The van der Waals surface area contributed by atoms with Crippen molar-refractivity contribution in [1.82, 2.24) is 5.32 Å². The number of amides is 1. The summed E-state index contributed by atoms with van der Waals surface area (Å²) in [6, 6.07) is 15.8. The van der Waals surface area contributed by atoms with Gasteiger partial charge in [-0.15, -0.1) is 0 Å². The van der Waals surface area contributed by atoms with Crippen molar-refractivity contribution in [3.8, 4) is 0 Å². The molecule has 0 spiro atoms. The Labute approximate surface area is 297 Å². The molecule has 1 amide bonds. The number of aliphatic imine (C=N–C) groups is 1. The van der Waals surface area contributed by atoms with Gasteiger partial charge in [0.1, 0.15) is 0 Å². The van der Waals surface area contributed by atoms with Crippen molar-refractivity contribution >= 4 is 35.3 Å². The second kappa shape index (κ2) is 24.1. The number of hydrogen-bond donors (Lipinski definition) is 2. The van der Waals surface area contributed by atoms with Crippen LogP contribution in [0.4, 0.5) is 4.79 Å². The molecule has 2 aromatic rings. The molecule has 0 fully saturated rings. The van der Waals surface area contributed by atoms with Crippen molar-refractivity contribution in [2.24, 2.45) is 4.99 Å². The Morgan fingerprint density at radius 3 is 1.66 bits per heavy atom. The van der Waals surface area contributed by atoms with E-state index in [1.807, 2.05) is 90.1 Å². The molecule has 272 valence electrons. The van der Waals surface area contributed by atoms with E-state index in [-0.39, 0.29) is 19.8 Å². The van der Waals surface area contributed by atoms with E-state index in [0.29, 0.717) is 32.3 Å². The van der Waals surface area contributed by atoms with Crippen molar-refractivity contribution in [3.05, 3.63) is 109 Å².